The summed E-state index contributed by atoms with van der Waals surface area (Å²) >= 11 is 0. The first-order valence-corrected chi connectivity index (χ1v) is 8.45. The maximum atomic E-state index is 11.8. The molecule has 7 nitrogen and oxygen atoms in total. The summed E-state index contributed by atoms with van der Waals surface area (Å²) in [5, 5.41) is 2.70. The Hall–Kier alpha value is -2.09. The summed E-state index contributed by atoms with van der Waals surface area (Å²) in [6, 6.07) is 4.88. The van der Waals surface area contributed by atoms with Gasteiger partial charge in [-0.05, 0) is 19.1 Å². The Morgan fingerprint density at radius 3 is 2.76 bits per heavy atom. The van der Waals surface area contributed by atoms with Crippen LogP contribution in [0.4, 0.5) is 5.95 Å². The van der Waals surface area contributed by atoms with Gasteiger partial charge in [-0.1, -0.05) is 6.07 Å². The van der Waals surface area contributed by atoms with Crippen molar-refractivity contribution < 1.29 is 13.2 Å². The van der Waals surface area contributed by atoms with Gasteiger partial charge in [-0.15, -0.1) is 0 Å². The quantitative estimate of drug-likeness (QED) is 0.838. The molecule has 3 N–H and O–H groups in total. The van der Waals surface area contributed by atoms with Crippen LogP contribution in [0, 0.1) is 0 Å². The fourth-order valence-electron chi connectivity index (χ4n) is 2.17. The van der Waals surface area contributed by atoms with E-state index in [2.05, 4.69) is 10.3 Å². The highest BCUT2D eigenvalue weighted by molar-refractivity contribution is 7.91. The van der Waals surface area contributed by atoms with Crippen molar-refractivity contribution in [1.29, 1.82) is 0 Å². The number of amides is 1. The average Bonchev–Trinajstić information content (AvgIpc) is 2.70. The predicted molar refractivity (Wildman–Crippen MR) is 80.6 cm³/mol. The summed E-state index contributed by atoms with van der Waals surface area (Å²) in [6.45, 7) is 2.76. The van der Waals surface area contributed by atoms with Crippen LogP contribution in [-0.2, 0) is 21.2 Å². The number of hydrogen-bond acceptors (Lipinski definition) is 5. The number of fused-ring (bicyclic) bond motifs is 1. The van der Waals surface area contributed by atoms with Crippen molar-refractivity contribution in [2.75, 3.05) is 18.5 Å². The molecule has 0 bridgehead atoms. The summed E-state index contributed by atoms with van der Waals surface area (Å²) in [7, 11) is -3.38. The molecule has 2 aromatic rings. The van der Waals surface area contributed by atoms with Gasteiger partial charge < -0.3 is 15.6 Å². The van der Waals surface area contributed by atoms with Crippen LogP contribution in [0.2, 0.25) is 0 Å². The van der Waals surface area contributed by atoms with Crippen molar-refractivity contribution in [2.45, 2.75) is 24.8 Å². The zero-order valence-corrected chi connectivity index (χ0v) is 12.8. The topological polar surface area (TPSA) is 107 Å². The first-order valence-electron chi connectivity index (χ1n) is 6.56. The van der Waals surface area contributed by atoms with Gasteiger partial charge in [0, 0.05) is 25.8 Å². The number of aromatic nitrogens is 2. The molecule has 0 aliphatic carbocycles. The van der Waals surface area contributed by atoms with E-state index >= 15 is 0 Å². The predicted octanol–water partition coefficient (Wildman–Crippen LogP) is 0.548. The number of benzene rings is 1. The van der Waals surface area contributed by atoms with Gasteiger partial charge in [-0.3, -0.25) is 4.79 Å². The van der Waals surface area contributed by atoms with Crippen LogP contribution in [0.15, 0.2) is 23.1 Å². The Labute approximate surface area is 123 Å². The second-order valence-electron chi connectivity index (χ2n) is 4.72. The zero-order valence-electron chi connectivity index (χ0n) is 12.0. The second kappa shape index (κ2) is 5.72. The van der Waals surface area contributed by atoms with Crippen molar-refractivity contribution >= 4 is 32.7 Å². The minimum atomic E-state index is -3.38. The molecule has 1 aromatic heterocycles. The zero-order chi connectivity index (χ0) is 15.6. The van der Waals surface area contributed by atoms with Gasteiger partial charge in [0.25, 0.3) is 0 Å². The molecule has 1 amide bonds. The SMILES string of the molecule is CCNC(=O)CCn1c(N)nc2c(S(C)(=O)=O)cccc21. The fraction of sp³-hybridized carbons (Fsp3) is 0.385. The molecule has 0 fully saturated rings. The summed E-state index contributed by atoms with van der Waals surface area (Å²) in [4.78, 5) is 15.8. The minimum absolute atomic E-state index is 0.0852. The van der Waals surface area contributed by atoms with Crippen LogP contribution < -0.4 is 11.1 Å². The minimum Gasteiger partial charge on any atom is -0.369 e. The first-order chi connectivity index (χ1) is 9.84. The van der Waals surface area contributed by atoms with Gasteiger partial charge >= 0.3 is 0 Å². The van der Waals surface area contributed by atoms with Crippen LogP contribution in [0.1, 0.15) is 13.3 Å². The van der Waals surface area contributed by atoms with Crippen LogP contribution >= 0.6 is 0 Å². The third-order valence-corrected chi connectivity index (χ3v) is 4.24. The molecule has 0 aliphatic rings. The van der Waals surface area contributed by atoms with Gasteiger partial charge in [0.1, 0.15) is 5.52 Å². The summed E-state index contributed by atoms with van der Waals surface area (Å²) in [5.41, 5.74) is 6.80. The maximum absolute atomic E-state index is 11.8. The van der Waals surface area contributed by atoms with E-state index in [4.69, 9.17) is 5.73 Å². The number of nitrogen functional groups attached to an aromatic ring is 1. The molecule has 0 aliphatic heterocycles. The molecule has 0 radical (unpaired) electrons. The molecule has 8 heteroatoms. The molecule has 0 spiro atoms. The van der Waals surface area contributed by atoms with Crippen LogP contribution in [0.5, 0.6) is 0 Å². The number of aryl methyl sites for hydroxylation is 1. The Morgan fingerprint density at radius 2 is 2.14 bits per heavy atom. The highest BCUT2D eigenvalue weighted by Gasteiger charge is 2.17. The monoisotopic (exact) mass is 310 g/mol. The molecule has 21 heavy (non-hydrogen) atoms. The Morgan fingerprint density at radius 1 is 1.43 bits per heavy atom. The second-order valence-corrected chi connectivity index (χ2v) is 6.71. The van der Waals surface area contributed by atoms with Crippen molar-refractivity contribution in [3.63, 3.8) is 0 Å². The number of nitrogens with one attached hydrogen (secondary N) is 1. The standard InChI is InChI=1S/C13H18N4O3S/c1-3-15-11(18)7-8-17-9-5-4-6-10(21(2,19)20)12(9)16-13(17)14/h4-6H,3,7-8H2,1-2H3,(H2,14,16)(H,15,18). The lowest BCUT2D eigenvalue weighted by Gasteiger charge is -2.07. The van der Waals surface area contributed by atoms with E-state index in [-0.39, 0.29) is 23.2 Å². The Balaban J connectivity index is 2.42. The van der Waals surface area contributed by atoms with Gasteiger partial charge in [-0.2, -0.15) is 0 Å². The molecule has 0 atom stereocenters. The number of nitrogens with two attached hydrogens (primary N) is 1. The number of rotatable bonds is 5. The normalized spacial score (nSPS) is 11.7. The van der Waals surface area contributed by atoms with E-state index < -0.39 is 9.84 Å². The third-order valence-electron chi connectivity index (χ3n) is 3.11. The van der Waals surface area contributed by atoms with E-state index in [0.717, 1.165) is 6.26 Å². The molecule has 0 saturated carbocycles. The van der Waals surface area contributed by atoms with Gasteiger partial charge in [0.15, 0.2) is 9.84 Å². The molecule has 0 unspecified atom stereocenters. The number of nitrogens with zero attached hydrogens (tertiary/aromatic N) is 2. The number of sulfone groups is 1. The highest BCUT2D eigenvalue weighted by atomic mass is 32.2. The van der Waals surface area contributed by atoms with Crippen molar-refractivity contribution in [3.8, 4) is 0 Å². The first kappa shape index (κ1) is 15.3. The Kier molecular flexibility index (Phi) is 4.17. The van der Waals surface area contributed by atoms with E-state index in [1.54, 1.807) is 16.7 Å². The number of imidazole rings is 1. The van der Waals surface area contributed by atoms with Gasteiger partial charge in [0.05, 0.1) is 10.4 Å². The molecular weight excluding hydrogens is 292 g/mol. The summed E-state index contributed by atoms with van der Waals surface area (Å²) < 4.78 is 25.2. The number of carbonyl (C=O) groups is 1. The average molecular weight is 310 g/mol. The van der Waals surface area contributed by atoms with Gasteiger partial charge in [0.2, 0.25) is 11.9 Å². The lowest BCUT2D eigenvalue weighted by atomic mass is 10.3. The maximum Gasteiger partial charge on any atom is 0.221 e. The number of hydrogen-bond donors (Lipinski definition) is 2. The van der Waals surface area contributed by atoms with Crippen LogP contribution in [-0.4, -0.2) is 36.7 Å². The van der Waals surface area contributed by atoms with Gasteiger partial charge in [-0.25, -0.2) is 13.4 Å². The van der Waals surface area contributed by atoms with Crippen molar-refractivity contribution in [1.82, 2.24) is 14.9 Å². The molecular formula is C13H18N4O3S. The highest BCUT2D eigenvalue weighted by Crippen LogP contribution is 2.24. The largest absolute Gasteiger partial charge is 0.369 e. The molecule has 1 heterocycles. The third kappa shape index (κ3) is 3.15. The number of para-hydroxylation sites is 1. The van der Waals surface area contributed by atoms with Crippen LogP contribution in [0.25, 0.3) is 11.0 Å². The van der Waals surface area contributed by atoms with Crippen LogP contribution in [0.3, 0.4) is 0 Å². The fourth-order valence-corrected chi connectivity index (χ4v) is 3.00. The van der Waals surface area contributed by atoms with E-state index in [1.807, 2.05) is 6.92 Å². The van der Waals surface area contributed by atoms with E-state index in [0.29, 0.717) is 24.1 Å². The Bertz CT molecular complexity index is 780. The molecule has 0 saturated heterocycles. The molecule has 114 valence electrons. The van der Waals surface area contributed by atoms with Crippen molar-refractivity contribution in [2.24, 2.45) is 0 Å². The van der Waals surface area contributed by atoms with E-state index in [9.17, 15) is 13.2 Å². The lowest BCUT2D eigenvalue weighted by molar-refractivity contribution is -0.121. The smallest absolute Gasteiger partial charge is 0.221 e. The molecule has 2 rings (SSSR count). The number of carbonyl (C=O) groups excluding carboxylic acids is 1. The lowest BCUT2D eigenvalue weighted by Crippen LogP contribution is -2.24. The number of anilines is 1. The summed E-state index contributed by atoms with van der Waals surface area (Å²) in [6.07, 6.45) is 1.39. The van der Waals surface area contributed by atoms with E-state index in [1.165, 1.54) is 6.07 Å². The molecule has 1 aromatic carbocycles. The summed E-state index contributed by atoms with van der Waals surface area (Å²) in [5.74, 6) is 0.114. The van der Waals surface area contributed by atoms with Crippen molar-refractivity contribution in [3.05, 3.63) is 18.2 Å².